The van der Waals surface area contributed by atoms with E-state index < -0.39 is 0 Å². The van der Waals surface area contributed by atoms with Crippen LogP contribution in [-0.2, 0) is 17.9 Å². The normalized spacial score (nSPS) is 18.2. The summed E-state index contributed by atoms with van der Waals surface area (Å²) in [5, 5.41) is 3.04. The molecule has 1 heterocycles. The number of nitrogens with two attached hydrogens (primary N) is 1. The molecule has 4 heteroatoms. The van der Waals surface area contributed by atoms with Crippen molar-refractivity contribution in [1.82, 2.24) is 4.98 Å². The largest absolute Gasteiger partial charge is 0.372 e. The van der Waals surface area contributed by atoms with Gasteiger partial charge in [0.25, 0.3) is 0 Å². The maximum atomic E-state index is 5.83. The van der Waals surface area contributed by atoms with Crippen LogP contribution in [0.2, 0.25) is 0 Å². The summed E-state index contributed by atoms with van der Waals surface area (Å²) in [5.74, 6) is 0. The van der Waals surface area contributed by atoms with Crippen LogP contribution in [0.15, 0.2) is 5.38 Å². The minimum absolute atomic E-state index is 0.460. The van der Waals surface area contributed by atoms with Crippen molar-refractivity contribution >= 4 is 11.3 Å². The quantitative estimate of drug-likeness (QED) is 0.858. The fraction of sp³-hybridized carbons (Fsp3) is 0.727. The third-order valence-corrected chi connectivity index (χ3v) is 3.71. The van der Waals surface area contributed by atoms with Gasteiger partial charge in [0.1, 0.15) is 5.01 Å². The summed E-state index contributed by atoms with van der Waals surface area (Å²) in [5.41, 5.74) is 6.54. The van der Waals surface area contributed by atoms with E-state index in [2.05, 4.69) is 4.98 Å². The number of thiazole rings is 1. The summed E-state index contributed by atoms with van der Waals surface area (Å²) in [6.45, 7) is 1.19. The Labute approximate surface area is 94.7 Å². The van der Waals surface area contributed by atoms with E-state index in [-0.39, 0.29) is 0 Å². The van der Waals surface area contributed by atoms with Crippen molar-refractivity contribution in [2.24, 2.45) is 5.73 Å². The molecule has 0 amide bonds. The molecule has 1 aromatic heterocycles. The van der Waals surface area contributed by atoms with Crippen LogP contribution in [-0.4, -0.2) is 11.1 Å². The molecule has 1 aliphatic rings. The Bertz CT molecular complexity index is 295. The van der Waals surface area contributed by atoms with E-state index in [1.165, 1.54) is 32.1 Å². The molecule has 1 saturated carbocycles. The molecule has 15 heavy (non-hydrogen) atoms. The fourth-order valence-corrected chi connectivity index (χ4v) is 2.60. The third-order valence-electron chi connectivity index (χ3n) is 2.79. The number of hydrogen-bond donors (Lipinski definition) is 1. The van der Waals surface area contributed by atoms with Gasteiger partial charge in [0.2, 0.25) is 0 Å². The van der Waals surface area contributed by atoms with Gasteiger partial charge >= 0.3 is 0 Å². The molecule has 1 aromatic rings. The van der Waals surface area contributed by atoms with Crippen molar-refractivity contribution in [3.8, 4) is 0 Å². The first-order chi connectivity index (χ1) is 7.38. The standard InChI is InChI=1S/C11H18N2OS/c12-6-11-13-9(8-15-11)7-14-10-4-2-1-3-5-10/h8,10H,1-7,12H2. The Morgan fingerprint density at radius 3 is 2.87 bits per heavy atom. The number of hydrogen-bond acceptors (Lipinski definition) is 4. The SMILES string of the molecule is NCc1nc(COC2CCCCC2)cs1. The van der Waals surface area contributed by atoms with Crippen molar-refractivity contribution in [1.29, 1.82) is 0 Å². The molecule has 84 valence electrons. The summed E-state index contributed by atoms with van der Waals surface area (Å²) in [6.07, 6.45) is 6.89. The van der Waals surface area contributed by atoms with Crippen molar-refractivity contribution in [3.05, 3.63) is 16.1 Å². The van der Waals surface area contributed by atoms with E-state index in [0.717, 1.165) is 10.7 Å². The molecule has 2 rings (SSSR count). The second kappa shape index (κ2) is 5.58. The third kappa shape index (κ3) is 3.26. The Balaban J connectivity index is 1.76. The minimum atomic E-state index is 0.460. The van der Waals surface area contributed by atoms with Crippen LogP contribution in [0.3, 0.4) is 0 Å². The van der Waals surface area contributed by atoms with Crippen LogP contribution in [0.4, 0.5) is 0 Å². The lowest BCUT2D eigenvalue weighted by Gasteiger charge is -2.21. The number of ether oxygens (including phenoxy) is 1. The summed E-state index contributed by atoms with van der Waals surface area (Å²) in [4.78, 5) is 4.38. The minimum Gasteiger partial charge on any atom is -0.372 e. The molecule has 3 nitrogen and oxygen atoms in total. The Morgan fingerprint density at radius 1 is 1.40 bits per heavy atom. The Kier molecular flexibility index (Phi) is 4.11. The molecule has 0 aliphatic heterocycles. The van der Waals surface area contributed by atoms with E-state index in [1.54, 1.807) is 11.3 Å². The van der Waals surface area contributed by atoms with Gasteiger partial charge in [-0.2, -0.15) is 0 Å². The van der Waals surface area contributed by atoms with E-state index >= 15 is 0 Å². The Hall–Kier alpha value is -0.450. The first-order valence-corrected chi connectivity index (χ1v) is 6.51. The topological polar surface area (TPSA) is 48.1 Å². The molecular weight excluding hydrogens is 208 g/mol. The summed E-state index contributed by atoms with van der Waals surface area (Å²) >= 11 is 1.62. The van der Waals surface area contributed by atoms with Crippen molar-refractivity contribution in [2.75, 3.05) is 0 Å². The zero-order valence-corrected chi connectivity index (χ0v) is 9.76. The monoisotopic (exact) mass is 226 g/mol. The van der Waals surface area contributed by atoms with Crippen LogP contribution < -0.4 is 5.73 Å². The maximum Gasteiger partial charge on any atom is 0.107 e. The van der Waals surface area contributed by atoms with Gasteiger partial charge in [-0.25, -0.2) is 4.98 Å². The molecule has 0 radical (unpaired) electrons. The molecule has 1 aliphatic carbocycles. The average Bonchev–Trinajstić information content (AvgIpc) is 2.76. The zero-order chi connectivity index (χ0) is 10.5. The molecule has 0 saturated heterocycles. The van der Waals surface area contributed by atoms with Gasteiger partial charge in [0.05, 0.1) is 18.4 Å². The van der Waals surface area contributed by atoms with Crippen molar-refractivity contribution in [2.45, 2.75) is 51.4 Å². The number of aromatic nitrogens is 1. The fourth-order valence-electron chi connectivity index (χ4n) is 1.94. The van der Waals surface area contributed by atoms with Gasteiger partial charge in [-0.1, -0.05) is 19.3 Å². The molecule has 0 spiro atoms. The van der Waals surface area contributed by atoms with Gasteiger partial charge in [-0.3, -0.25) is 0 Å². The highest BCUT2D eigenvalue weighted by Gasteiger charge is 2.14. The molecular formula is C11H18N2OS. The van der Waals surface area contributed by atoms with E-state index in [4.69, 9.17) is 10.5 Å². The van der Waals surface area contributed by atoms with Crippen molar-refractivity contribution in [3.63, 3.8) is 0 Å². The molecule has 0 atom stereocenters. The average molecular weight is 226 g/mol. The zero-order valence-electron chi connectivity index (χ0n) is 8.95. The van der Waals surface area contributed by atoms with Crippen LogP contribution in [0.5, 0.6) is 0 Å². The predicted octanol–water partition coefficient (Wildman–Crippen LogP) is 2.45. The van der Waals surface area contributed by atoms with Crippen LogP contribution in [0.1, 0.15) is 42.8 Å². The highest BCUT2D eigenvalue weighted by atomic mass is 32.1. The molecule has 0 bridgehead atoms. The maximum absolute atomic E-state index is 5.83. The van der Waals surface area contributed by atoms with Crippen LogP contribution >= 0.6 is 11.3 Å². The van der Waals surface area contributed by atoms with Crippen LogP contribution in [0, 0.1) is 0 Å². The molecule has 2 N–H and O–H groups in total. The van der Waals surface area contributed by atoms with Gasteiger partial charge in [-0.15, -0.1) is 11.3 Å². The van der Waals surface area contributed by atoms with Crippen molar-refractivity contribution < 1.29 is 4.74 Å². The highest BCUT2D eigenvalue weighted by molar-refractivity contribution is 7.09. The summed E-state index contributed by atoms with van der Waals surface area (Å²) < 4.78 is 5.83. The lowest BCUT2D eigenvalue weighted by molar-refractivity contribution is 0.0154. The van der Waals surface area contributed by atoms with E-state index in [9.17, 15) is 0 Å². The Morgan fingerprint density at radius 2 is 2.20 bits per heavy atom. The van der Waals surface area contributed by atoms with E-state index in [0.29, 0.717) is 19.3 Å². The number of nitrogens with zero attached hydrogens (tertiary/aromatic N) is 1. The highest BCUT2D eigenvalue weighted by Crippen LogP contribution is 2.21. The first-order valence-electron chi connectivity index (χ1n) is 5.63. The second-order valence-corrected chi connectivity index (χ2v) is 4.95. The van der Waals surface area contributed by atoms with Gasteiger partial charge in [-0.05, 0) is 12.8 Å². The summed E-state index contributed by atoms with van der Waals surface area (Å²) in [7, 11) is 0. The summed E-state index contributed by atoms with van der Waals surface area (Å²) in [6, 6.07) is 0. The first kappa shape index (κ1) is 11.0. The number of rotatable bonds is 4. The van der Waals surface area contributed by atoms with Gasteiger partial charge in [0.15, 0.2) is 0 Å². The molecule has 0 aromatic carbocycles. The second-order valence-electron chi connectivity index (χ2n) is 4.01. The smallest absolute Gasteiger partial charge is 0.107 e. The van der Waals surface area contributed by atoms with Crippen LogP contribution in [0.25, 0.3) is 0 Å². The lowest BCUT2D eigenvalue weighted by Crippen LogP contribution is -2.16. The molecule has 1 fully saturated rings. The lowest BCUT2D eigenvalue weighted by atomic mass is 9.98. The molecule has 0 unspecified atom stereocenters. The van der Waals surface area contributed by atoms with Gasteiger partial charge < -0.3 is 10.5 Å². The van der Waals surface area contributed by atoms with Gasteiger partial charge in [0, 0.05) is 11.9 Å². The predicted molar refractivity (Wildman–Crippen MR) is 61.7 cm³/mol. The van der Waals surface area contributed by atoms with E-state index in [1.807, 2.05) is 5.38 Å².